The number of hydrogen-bond donors (Lipinski definition) is 5. The molecule has 2 fully saturated rings. The number of morpholine rings is 2. The van der Waals surface area contributed by atoms with E-state index >= 15 is 0 Å². The van der Waals surface area contributed by atoms with E-state index in [0.29, 0.717) is 56.2 Å². The third-order valence-electron chi connectivity index (χ3n) is 15.5. The normalized spacial score (nSPS) is 20.3. The number of aromatic nitrogens is 3. The molecule has 10 rings (SSSR count). The van der Waals surface area contributed by atoms with Crippen molar-refractivity contribution < 1.29 is 38.4 Å². The van der Waals surface area contributed by atoms with Gasteiger partial charge in [0.1, 0.15) is 0 Å². The Bertz CT molecular complexity index is 3090. The van der Waals surface area contributed by atoms with Crippen molar-refractivity contribution in [1.29, 1.82) is 0 Å². The van der Waals surface area contributed by atoms with E-state index in [1.54, 1.807) is 6.07 Å². The first kappa shape index (κ1) is 56.3. The summed E-state index contributed by atoms with van der Waals surface area (Å²) in [6.45, 7) is 25.7. The van der Waals surface area contributed by atoms with E-state index in [-0.39, 0.29) is 41.3 Å². The molecule has 10 heterocycles. The van der Waals surface area contributed by atoms with Gasteiger partial charge in [-0.15, -0.1) is 0 Å². The molecule has 5 aromatic heterocycles. The molecule has 5 aliphatic heterocycles. The molecular weight excluding hydrogens is 988 g/mol. The van der Waals surface area contributed by atoms with Crippen LogP contribution in [0.25, 0.3) is 22.2 Å². The molecule has 2 amide bonds. The number of nitrogens with one attached hydrogen (secondary N) is 4. The van der Waals surface area contributed by atoms with E-state index in [0.717, 1.165) is 122 Å². The minimum Gasteiger partial charge on any atom is -0.478 e. The molecule has 0 radical (unpaired) electrons. The fourth-order valence-corrected chi connectivity index (χ4v) is 11.4. The number of aromatic carboxylic acids is 1. The zero-order valence-electron chi connectivity index (χ0n) is 45.3. The van der Waals surface area contributed by atoms with Crippen LogP contribution in [0.2, 0.25) is 0 Å². The Morgan fingerprint density at radius 1 is 0.737 bits per heavy atom. The highest BCUT2D eigenvalue weighted by Gasteiger charge is 2.31. The summed E-state index contributed by atoms with van der Waals surface area (Å²) in [6.07, 6.45) is 12.4. The lowest BCUT2D eigenvalue weighted by atomic mass is 9.89. The zero-order chi connectivity index (χ0) is 54.2. The van der Waals surface area contributed by atoms with Gasteiger partial charge in [0.05, 0.1) is 64.3 Å². The molecule has 4 atom stereocenters. The summed E-state index contributed by atoms with van der Waals surface area (Å²) in [5.41, 5.74) is 15.1. The van der Waals surface area contributed by atoms with Gasteiger partial charge in [0.15, 0.2) is 0 Å². The number of carboxylic acids is 1. The monoisotopic (exact) mass is 1060 g/mol. The van der Waals surface area contributed by atoms with Gasteiger partial charge in [-0.2, -0.15) is 0 Å². The van der Waals surface area contributed by atoms with E-state index < -0.39 is 5.97 Å². The molecule has 18 heteroatoms. The Balaban J connectivity index is 0.000000171. The van der Waals surface area contributed by atoms with Crippen molar-refractivity contribution in [1.82, 2.24) is 39.1 Å². The number of rotatable bonds is 12. The van der Waals surface area contributed by atoms with Crippen LogP contribution in [0.3, 0.4) is 0 Å². The Morgan fingerprint density at radius 2 is 1.25 bits per heavy atom. The summed E-state index contributed by atoms with van der Waals surface area (Å²) in [6, 6.07) is 10.2. The standard InChI is InChI=1S/C29H38N4O4.C21H26N2O4.C8H11ClN2O/c1-18-13-19(2)31-29(35)26(18)16-30-28(34)25-15-24-14-23(22-5-9-36-10-6-22)17-33(24)27(20(25)3)21(4)32-7-11-37-12-8-32;1-14-19(21(24)25)12-18-11-17(16-3-7-26-8-4-16)13-23(18)20(14)15(2)22-5-9-27-10-6-22;1-5-3-6(2)11-8(12)7(5)4-10-9/h5,13-15,17-18,21,26H,6-12,16H2,1-4H3,(H,30,34)(H,31,35);3,11-13,15H,4-10H2,1-2H3,(H,24,25);3,10H,4H2,1-2H3,(H,11,12). The van der Waals surface area contributed by atoms with Crippen molar-refractivity contribution in [3.8, 4) is 0 Å². The lowest BCUT2D eigenvalue weighted by Crippen LogP contribution is -2.44. The van der Waals surface area contributed by atoms with E-state index in [2.05, 4.69) is 89.6 Å². The molecule has 0 aliphatic carbocycles. The Kier molecular flexibility index (Phi) is 18.9. The van der Waals surface area contributed by atoms with Gasteiger partial charge in [0.2, 0.25) is 5.91 Å². The van der Waals surface area contributed by atoms with Crippen LogP contribution in [-0.4, -0.2) is 132 Å². The SMILES string of the molecule is CC1=CC(C)C(CNC(=O)c2cc3cc(C4=CCOCC4)cn3c(C(C)N3CCOCC3)c2C)C(=O)N1.Cc1c(C(=O)O)cc2cc(C3=CCOCC3)cn2c1C(C)N1CCOCC1.Cc1cc(C)c(CNCl)c(=O)[nH]1. The predicted molar refractivity (Wildman–Crippen MR) is 296 cm³/mol. The highest BCUT2D eigenvalue weighted by molar-refractivity contribution is 6.13. The van der Waals surface area contributed by atoms with Crippen LogP contribution < -0.4 is 21.0 Å². The number of carboxylic acid groups (broad SMARTS) is 1. The Labute approximate surface area is 450 Å². The van der Waals surface area contributed by atoms with E-state index in [1.807, 2.05) is 59.8 Å². The molecule has 5 aromatic rings. The first-order chi connectivity index (χ1) is 36.5. The van der Waals surface area contributed by atoms with Gasteiger partial charge in [-0.25, -0.2) is 9.63 Å². The number of carbonyl (C=O) groups excluding carboxylic acids is 2. The van der Waals surface area contributed by atoms with Crippen LogP contribution in [-0.2, 0) is 30.3 Å². The number of hydrogen-bond acceptors (Lipinski definition) is 11. The number of nitrogens with zero attached hydrogens (tertiary/aromatic N) is 4. The van der Waals surface area contributed by atoms with Crippen molar-refractivity contribution >= 4 is 51.7 Å². The van der Waals surface area contributed by atoms with E-state index in [9.17, 15) is 24.3 Å². The summed E-state index contributed by atoms with van der Waals surface area (Å²) in [7, 11) is 0. The molecule has 0 bridgehead atoms. The summed E-state index contributed by atoms with van der Waals surface area (Å²) >= 11 is 5.32. The number of pyridine rings is 3. The van der Waals surface area contributed by atoms with Gasteiger partial charge >= 0.3 is 5.97 Å². The maximum atomic E-state index is 13.6. The van der Waals surface area contributed by atoms with Crippen molar-refractivity contribution in [2.75, 3.05) is 85.6 Å². The minimum absolute atomic E-state index is 0.0393. The van der Waals surface area contributed by atoms with Crippen LogP contribution in [0.4, 0.5) is 0 Å². The first-order valence-electron chi connectivity index (χ1n) is 26.6. The third kappa shape index (κ3) is 12.9. The predicted octanol–water partition coefficient (Wildman–Crippen LogP) is 7.84. The zero-order valence-corrected chi connectivity index (χ0v) is 46.0. The summed E-state index contributed by atoms with van der Waals surface area (Å²) in [5, 5.41) is 15.7. The Morgan fingerprint density at radius 3 is 1.71 bits per heavy atom. The van der Waals surface area contributed by atoms with Gasteiger partial charge in [-0.1, -0.05) is 25.2 Å². The number of fused-ring (bicyclic) bond motifs is 2. The number of aromatic amines is 1. The van der Waals surface area contributed by atoms with Crippen LogP contribution >= 0.6 is 11.8 Å². The van der Waals surface area contributed by atoms with Crippen LogP contribution in [0.1, 0.15) is 124 Å². The second-order valence-corrected chi connectivity index (χ2v) is 20.8. The molecule has 0 aromatic carbocycles. The number of amides is 2. The van der Waals surface area contributed by atoms with Crippen molar-refractivity contribution in [3.05, 3.63) is 139 Å². The highest BCUT2D eigenvalue weighted by atomic mass is 35.5. The van der Waals surface area contributed by atoms with Gasteiger partial charge in [0, 0.05) is 109 Å². The summed E-state index contributed by atoms with van der Waals surface area (Å²) < 4.78 is 26.5. The van der Waals surface area contributed by atoms with Crippen molar-refractivity contribution in [3.63, 3.8) is 0 Å². The number of H-pyrrole nitrogens is 1. The van der Waals surface area contributed by atoms with Gasteiger partial charge in [-0.3, -0.25) is 24.2 Å². The lowest BCUT2D eigenvalue weighted by molar-refractivity contribution is -0.125. The Hall–Kier alpha value is -5.89. The van der Waals surface area contributed by atoms with Crippen LogP contribution in [0.5, 0.6) is 0 Å². The summed E-state index contributed by atoms with van der Waals surface area (Å²) in [5.74, 6) is -1.28. The largest absolute Gasteiger partial charge is 0.478 e. The number of ether oxygens (including phenoxy) is 4. The molecule has 5 aliphatic rings. The lowest BCUT2D eigenvalue weighted by Gasteiger charge is -2.34. The fourth-order valence-electron chi connectivity index (χ4n) is 11.3. The summed E-state index contributed by atoms with van der Waals surface area (Å²) in [4.78, 5) is 59.2. The number of carbonyl (C=O) groups is 3. The molecule has 0 saturated carbocycles. The fraction of sp³-hybridized carbons (Fsp3) is 0.483. The molecule has 408 valence electrons. The minimum atomic E-state index is -0.876. The molecule has 17 nitrogen and oxygen atoms in total. The molecule has 5 N–H and O–H groups in total. The number of aryl methyl sites for hydroxylation is 2. The average molecular weight is 1060 g/mol. The van der Waals surface area contributed by atoms with Gasteiger partial charge < -0.3 is 48.5 Å². The molecule has 2 saturated heterocycles. The number of allylic oxidation sites excluding steroid dienone is 2. The maximum Gasteiger partial charge on any atom is 0.336 e. The molecule has 0 spiro atoms. The van der Waals surface area contributed by atoms with Crippen molar-refractivity contribution in [2.45, 2.75) is 86.9 Å². The van der Waals surface area contributed by atoms with Crippen LogP contribution in [0, 0.1) is 39.5 Å². The van der Waals surface area contributed by atoms with Gasteiger partial charge in [0.25, 0.3) is 11.5 Å². The third-order valence-corrected chi connectivity index (χ3v) is 15.7. The second kappa shape index (κ2) is 25.5. The molecular formula is C58H75ClN8O9. The van der Waals surface area contributed by atoms with Gasteiger partial charge in [-0.05, 0) is 148 Å². The average Bonchev–Trinajstić information content (AvgIpc) is 4.09. The number of halogens is 1. The smallest absolute Gasteiger partial charge is 0.336 e. The molecule has 76 heavy (non-hydrogen) atoms. The molecule has 4 unspecified atom stereocenters. The highest BCUT2D eigenvalue weighted by Crippen LogP contribution is 2.34. The van der Waals surface area contributed by atoms with E-state index in [1.165, 1.54) is 16.7 Å². The maximum absolute atomic E-state index is 13.6. The topological polar surface area (TPSA) is 193 Å². The van der Waals surface area contributed by atoms with Crippen molar-refractivity contribution in [2.24, 2.45) is 11.8 Å². The quantitative estimate of drug-likeness (QED) is 0.0762. The second-order valence-electron chi connectivity index (χ2n) is 20.5. The van der Waals surface area contributed by atoms with Crippen LogP contribution in [0.15, 0.2) is 71.4 Å². The van der Waals surface area contributed by atoms with E-state index in [4.69, 9.17) is 30.7 Å². The first-order valence-corrected chi connectivity index (χ1v) is 26.9.